The number of hydrogen-bond donors (Lipinski definition) is 6. The first-order chi connectivity index (χ1) is 12.9. The minimum Gasteiger partial charge on any atom is -0.480 e. The van der Waals surface area contributed by atoms with E-state index in [1.54, 1.807) is 0 Å². The summed E-state index contributed by atoms with van der Waals surface area (Å²) in [5.41, 5.74) is 10.8. The predicted octanol–water partition coefficient (Wildman–Crippen LogP) is -0.0914. The molecule has 0 aromatic carbocycles. The Morgan fingerprint density at radius 3 is 1.89 bits per heavy atom. The van der Waals surface area contributed by atoms with E-state index in [9.17, 15) is 24.3 Å². The van der Waals surface area contributed by atoms with Gasteiger partial charge in [0, 0.05) is 6.54 Å². The smallest absolute Gasteiger partial charge is 0.326 e. The van der Waals surface area contributed by atoms with E-state index in [0.717, 1.165) is 0 Å². The number of primary amides is 1. The van der Waals surface area contributed by atoms with Crippen molar-refractivity contribution in [1.29, 1.82) is 0 Å². The second-order valence-corrected chi connectivity index (χ2v) is 7.76. The zero-order valence-corrected chi connectivity index (χ0v) is 17.2. The van der Waals surface area contributed by atoms with E-state index in [-0.39, 0.29) is 24.8 Å². The van der Waals surface area contributed by atoms with E-state index in [1.807, 2.05) is 27.7 Å². The minimum atomic E-state index is -1.20. The van der Waals surface area contributed by atoms with Crippen molar-refractivity contribution in [2.45, 2.75) is 71.5 Å². The molecule has 0 spiro atoms. The molecular formula is C18H35N5O5. The molecule has 0 heterocycles. The molecule has 0 saturated carbocycles. The van der Waals surface area contributed by atoms with E-state index in [2.05, 4.69) is 16.0 Å². The molecule has 10 heteroatoms. The molecule has 0 aliphatic carbocycles. The summed E-state index contributed by atoms with van der Waals surface area (Å²) in [7, 11) is 0. The number of carbonyl (C=O) groups is 4. The van der Waals surface area contributed by atoms with Crippen LogP contribution in [-0.2, 0) is 14.4 Å². The summed E-state index contributed by atoms with van der Waals surface area (Å²) in [4.78, 5) is 47.0. The van der Waals surface area contributed by atoms with Crippen molar-refractivity contribution in [3.63, 3.8) is 0 Å². The SMILES string of the molecule is CC(C)C[C@@H](N)C(=O)N[C@@H](CC(C)C)C(=O)N[C@@H](CCCNC(N)=O)C(=O)O. The topological polar surface area (TPSA) is 177 Å². The fraction of sp³-hybridized carbons (Fsp3) is 0.778. The molecule has 0 aliphatic heterocycles. The van der Waals surface area contributed by atoms with Crippen molar-refractivity contribution >= 4 is 23.8 Å². The van der Waals surface area contributed by atoms with Gasteiger partial charge >= 0.3 is 12.0 Å². The molecule has 0 aromatic rings. The Balaban J connectivity index is 4.93. The molecule has 0 bridgehead atoms. The average molecular weight is 402 g/mol. The average Bonchev–Trinajstić information content (AvgIpc) is 2.55. The number of amides is 4. The monoisotopic (exact) mass is 401 g/mol. The largest absolute Gasteiger partial charge is 0.480 e. The maximum absolute atomic E-state index is 12.6. The van der Waals surface area contributed by atoms with Crippen molar-refractivity contribution < 1.29 is 24.3 Å². The Hall–Kier alpha value is -2.36. The minimum absolute atomic E-state index is 0.0976. The summed E-state index contributed by atoms with van der Waals surface area (Å²) < 4.78 is 0. The molecule has 0 unspecified atom stereocenters. The Morgan fingerprint density at radius 2 is 1.43 bits per heavy atom. The fourth-order valence-electron chi connectivity index (χ4n) is 2.64. The van der Waals surface area contributed by atoms with Gasteiger partial charge in [-0.05, 0) is 37.5 Å². The van der Waals surface area contributed by atoms with Crippen LogP contribution in [0.3, 0.4) is 0 Å². The maximum atomic E-state index is 12.6. The van der Waals surface area contributed by atoms with Crippen molar-refractivity contribution in [2.24, 2.45) is 23.3 Å². The number of hydrogen-bond acceptors (Lipinski definition) is 5. The van der Waals surface area contributed by atoms with Crippen LogP contribution in [0.2, 0.25) is 0 Å². The molecule has 4 amide bonds. The normalized spacial score (nSPS) is 14.2. The summed E-state index contributed by atoms with van der Waals surface area (Å²) in [6.07, 6.45) is 1.26. The summed E-state index contributed by atoms with van der Waals surface area (Å²) in [5, 5.41) is 16.8. The van der Waals surface area contributed by atoms with E-state index >= 15 is 0 Å². The zero-order valence-electron chi connectivity index (χ0n) is 17.2. The summed E-state index contributed by atoms with van der Waals surface area (Å²) in [6, 6.07) is -3.46. The van der Waals surface area contributed by atoms with Gasteiger partial charge in [0.05, 0.1) is 6.04 Å². The molecule has 0 fully saturated rings. The molecule has 162 valence electrons. The number of aliphatic carboxylic acids is 1. The lowest BCUT2D eigenvalue weighted by atomic mass is 10.00. The van der Waals surface area contributed by atoms with Gasteiger partial charge in [-0.3, -0.25) is 9.59 Å². The highest BCUT2D eigenvalue weighted by atomic mass is 16.4. The zero-order chi connectivity index (χ0) is 21.9. The molecule has 10 nitrogen and oxygen atoms in total. The Kier molecular flexibility index (Phi) is 11.8. The number of rotatable bonds is 13. The Labute approximate surface area is 166 Å². The van der Waals surface area contributed by atoms with Crippen LogP contribution < -0.4 is 27.4 Å². The van der Waals surface area contributed by atoms with Crippen molar-refractivity contribution in [2.75, 3.05) is 6.54 Å². The molecule has 0 rings (SSSR count). The summed E-state index contributed by atoms with van der Waals surface area (Å²) in [5.74, 6) is -1.89. The van der Waals surface area contributed by atoms with E-state index in [4.69, 9.17) is 11.5 Å². The maximum Gasteiger partial charge on any atom is 0.326 e. The lowest BCUT2D eigenvalue weighted by molar-refractivity contribution is -0.142. The molecule has 28 heavy (non-hydrogen) atoms. The van der Waals surface area contributed by atoms with Crippen LogP contribution in [0.5, 0.6) is 0 Å². The van der Waals surface area contributed by atoms with Crippen LogP contribution in [0.1, 0.15) is 53.4 Å². The van der Waals surface area contributed by atoms with Gasteiger partial charge in [0.1, 0.15) is 12.1 Å². The van der Waals surface area contributed by atoms with Crippen LogP contribution in [0.25, 0.3) is 0 Å². The third kappa shape index (κ3) is 11.4. The fourth-order valence-corrected chi connectivity index (χ4v) is 2.64. The Bertz CT molecular complexity index is 538. The van der Waals surface area contributed by atoms with Crippen LogP contribution in [0.15, 0.2) is 0 Å². The van der Waals surface area contributed by atoms with Crippen LogP contribution in [-0.4, -0.2) is 53.6 Å². The van der Waals surface area contributed by atoms with Crippen LogP contribution in [0, 0.1) is 11.8 Å². The highest BCUT2D eigenvalue weighted by molar-refractivity contribution is 5.91. The number of carboxylic acids is 1. The van der Waals surface area contributed by atoms with Crippen molar-refractivity contribution in [3.8, 4) is 0 Å². The van der Waals surface area contributed by atoms with Crippen molar-refractivity contribution in [3.05, 3.63) is 0 Å². The Morgan fingerprint density at radius 1 is 0.893 bits per heavy atom. The van der Waals surface area contributed by atoms with E-state index < -0.39 is 41.9 Å². The molecule has 0 aliphatic rings. The third-order valence-electron chi connectivity index (χ3n) is 3.99. The van der Waals surface area contributed by atoms with Crippen LogP contribution >= 0.6 is 0 Å². The van der Waals surface area contributed by atoms with Crippen molar-refractivity contribution in [1.82, 2.24) is 16.0 Å². The van der Waals surface area contributed by atoms with Gasteiger partial charge in [-0.2, -0.15) is 0 Å². The van der Waals surface area contributed by atoms with E-state index in [0.29, 0.717) is 19.3 Å². The van der Waals surface area contributed by atoms with Gasteiger partial charge in [-0.15, -0.1) is 0 Å². The lowest BCUT2D eigenvalue weighted by Crippen LogP contribution is -2.55. The quantitative estimate of drug-likeness (QED) is 0.235. The van der Waals surface area contributed by atoms with Gasteiger partial charge in [-0.25, -0.2) is 9.59 Å². The second kappa shape index (κ2) is 12.9. The molecule has 0 radical (unpaired) electrons. The molecule has 0 saturated heterocycles. The van der Waals surface area contributed by atoms with Gasteiger partial charge in [0.2, 0.25) is 11.8 Å². The summed E-state index contributed by atoms with van der Waals surface area (Å²) >= 11 is 0. The number of nitrogens with two attached hydrogens (primary N) is 2. The molecule has 8 N–H and O–H groups in total. The third-order valence-corrected chi connectivity index (χ3v) is 3.99. The first kappa shape index (κ1) is 25.6. The number of carbonyl (C=O) groups excluding carboxylic acids is 3. The summed E-state index contributed by atoms with van der Waals surface area (Å²) in [6.45, 7) is 7.87. The standard InChI is InChI=1S/C18H35N5O5/c1-10(2)8-12(19)15(24)23-14(9-11(3)4)16(25)22-13(17(26)27)6-5-7-21-18(20)28/h10-14H,5-9,19H2,1-4H3,(H,22,25)(H,23,24)(H,26,27)(H3,20,21,28)/t12-,13+,14+/m1/s1. The lowest BCUT2D eigenvalue weighted by Gasteiger charge is -2.24. The van der Waals surface area contributed by atoms with E-state index in [1.165, 1.54) is 0 Å². The van der Waals surface area contributed by atoms with Gasteiger partial charge < -0.3 is 32.5 Å². The highest BCUT2D eigenvalue weighted by Gasteiger charge is 2.28. The predicted molar refractivity (Wildman–Crippen MR) is 105 cm³/mol. The number of carboxylic acid groups (broad SMARTS) is 1. The molecular weight excluding hydrogens is 366 g/mol. The second-order valence-electron chi connectivity index (χ2n) is 7.76. The first-order valence-corrected chi connectivity index (χ1v) is 9.56. The van der Waals surface area contributed by atoms with Gasteiger partial charge in [0.25, 0.3) is 0 Å². The first-order valence-electron chi connectivity index (χ1n) is 9.56. The number of nitrogens with one attached hydrogen (secondary N) is 3. The highest BCUT2D eigenvalue weighted by Crippen LogP contribution is 2.08. The van der Waals surface area contributed by atoms with Crippen LogP contribution in [0.4, 0.5) is 4.79 Å². The van der Waals surface area contributed by atoms with Gasteiger partial charge in [-0.1, -0.05) is 27.7 Å². The van der Waals surface area contributed by atoms with Gasteiger partial charge in [0.15, 0.2) is 0 Å². The number of urea groups is 1. The molecule has 3 atom stereocenters. The molecule has 0 aromatic heterocycles.